The average Bonchev–Trinajstić information content (AvgIpc) is 3.26. The fourth-order valence-electron chi connectivity index (χ4n) is 5.22. The molecule has 2 aliphatic rings. The van der Waals surface area contributed by atoms with E-state index in [1.165, 1.54) is 0 Å². The number of amides is 1. The Bertz CT molecular complexity index is 1010. The molecule has 0 radical (unpaired) electrons. The molecule has 0 aliphatic carbocycles. The van der Waals surface area contributed by atoms with Crippen LogP contribution in [0.3, 0.4) is 0 Å². The number of aliphatic hydroxyl groups excluding tert-OH is 1. The number of hydrogen-bond acceptors (Lipinski definition) is 4. The number of likely N-dealkylation sites (tertiary alicyclic amines) is 1. The third-order valence-electron chi connectivity index (χ3n) is 6.66. The number of nitrogens with one attached hydrogen (secondary N) is 1. The number of likely N-dealkylation sites (N-methyl/N-ethyl adjacent to an activating group) is 1. The minimum atomic E-state index is -0.435. The summed E-state index contributed by atoms with van der Waals surface area (Å²) in [6.45, 7) is 4.29. The largest absolute Gasteiger partial charge is 0.396 e. The van der Waals surface area contributed by atoms with E-state index in [0.29, 0.717) is 12.1 Å². The van der Waals surface area contributed by atoms with E-state index in [0.717, 1.165) is 11.3 Å². The van der Waals surface area contributed by atoms with Gasteiger partial charge in [0.05, 0.1) is 18.1 Å². The van der Waals surface area contributed by atoms with Crippen LogP contribution in [0.2, 0.25) is 0 Å². The van der Waals surface area contributed by atoms with Crippen molar-refractivity contribution in [2.45, 2.75) is 38.5 Å². The molecule has 0 spiro atoms. The van der Waals surface area contributed by atoms with E-state index in [4.69, 9.17) is 0 Å². The highest BCUT2D eigenvalue weighted by Crippen LogP contribution is 2.48. The number of hydrogen-bond donors (Lipinski definition) is 2. The molecule has 158 valence electrons. The molecule has 1 amide bonds. The predicted molar refractivity (Wildman–Crippen MR) is 117 cm³/mol. The molecule has 0 unspecified atom stereocenters. The number of carbonyl (C=O) groups excluding carboxylic acids is 1. The van der Waals surface area contributed by atoms with Crippen LogP contribution < -0.4 is 10.9 Å². The van der Waals surface area contributed by atoms with Crippen molar-refractivity contribution in [1.82, 2.24) is 14.8 Å². The summed E-state index contributed by atoms with van der Waals surface area (Å²) in [5.41, 5.74) is 2.62. The van der Waals surface area contributed by atoms with Crippen LogP contribution in [0.5, 0.6) is 0 Å². The van der Waals surface area contributed by atoms with E-state index in [1.807, 2.05) is 85.0 Å². The monoisotopic (exact) mass is 407 g/mol. The maximum Gasteiger partial charge on any atom is 0.258 e. The van der Waals surface area contributed by atoms with Gasteiger partial charge in [-0.15, -0.1) is 0 Å². The Morgan fingerprint density at radius 2 is 2.00 bits per heavy atom. The molecule has 3 heterocycles. The Balaban J connectivity index is 1.60. The number of aliphatic hydroxyl groups is 1. The Morgan fingerprint density at radius 1 is 1.27 bits per heavy atom. The number of allylic oxidation sites excluding steroid dienone is 1. The maximum absolute atomic E-state index is 13.2. The first-order chi connectivity index (χ1) is 14.5. The molecule has 1 fully saturated rings. The van der Waals surface area contributed by atoms with E-state index in [9.17, 15) is 14.7 Å². The Kier molecular flexibility index (Phi) is 5.62. The molecule has 30 heavy (non-hydrogen) atoms. The quantitative estimate of drug-likeness (QED) is 0.798. The van der Waals surface area contributed by atoms with Crippen LogP contribution in [0.25, 0.3) is 6.08 Å². The van der Waals surface area contributed by atoms with Crippen LogP contribution in [-0.2, 0) is 11.3 Å². The van der Waals surface area contributed by atoms with Crippen LogP contribution >= 0.6 is 0 Å². The van der Waals surface area contributed by atoms with Gasteiger partial charge in [0.1, 0.15) is 0 Å². The Labute approximate surface area is 176 Å². The van der Waals surface area contributed by atoms with Gasteiger partial charge >= 0.3 is 0 Å². The number of aromatic nitrogens is 1. The molecule has 1 aromatic heterocycles. The van der Waals surface area contributed by atoms with Gasteiger partial charge in [-0.2, -0.15) is 0 Å². The van der Waals surface area contributed by atoms with Gasteiger partial charge in [-0.1, -0.05) is 42.5 Å². The van der Waals surface area contributed by atoms with Gasteiger partial charge in [0, 0.05) is 36.2 Å². The van der Waals surface area contributed by atoms with Gasteiger partial charge in [0.2, 0.25) is 5.91 Å². The minimum absolute atomic E-state index is 0.0104. The summed E-state index contributed by atoms with van der Waals surface area (Å²) in [7, 11) is 1.92. The second-order valence-electron chi connectivity index (χ2n) is 8.34. The molecule has 2 aromatic rings. The molecular formula is C24H29N3O3. The smallest absolute Gasteiger partial charge is 0.258 e. The van der Waals surface area contributed by atoms with E-state index in [2.05, 4.69) is 5.32 Å². The summed E-state index contributed by atoms with van der Waals surface area (Å²) < 4.78 is 1.81. The Morgan fingerprint density at radius 3 is 2.67 bits per heavy atom. The molecule has 0 bridgehead atoms. The predicted octanol–water partition coefficient (Wildman–Crippen LogP) is 2.35. The highest BCUT2D eigenvalue weighted by molar-refractivity contribution is 5.83. The van der Waals surface area contributed by atoms with Crippen molar-refractivity contribution >= 4 is 12.0 Å². The van der Waals surface area contributed by atoms with E-state index in [1.54, 1.807) is 0 Å². The highest BCUT2D eigenvalue weighted by Gasteiger charge is 2.54. The van der Waals surface area contributed by atoms with Gasteiger partial charge in [0.15, 0.2) is 0 Å². The fourth-order valence-corrected chi connectivity index (χ4v) is 5.22. The fraction of sp³-hybridized carbons (Fsp3) is 0.417. The number of benzene rings is 1. The van der Waals surface area contributed by atoms with Gasteiger partial charge < -0.3 is 15.0 Å². The third kappa shape index (κ3) is 3.30. The normalized spacial score (nSPS) is 26.5. The van der Waals surface area contributed by atoms with Crippen LogP contribution in [0.1, 0.15) is 42.8 Å². The van der Waals surface area contributed by atoms with Crippen LogP contribution in [0.4, 0.5) is 0 Å². The first-order valence-electron chi connectivity index (χ1n) is 10.5. The SMILES string of the molecule is C/C=C/c1ccc2n(c1=O)C[C@H]1[C@H](CO)[C@@H](C(=O)N[C@@H](C)c3ccccc3)N(C)[C@@H]21. The van der Waals surface area contributed by atoms with Gasteiger partial charge in [-0.05, 0) is 38.6 Å². The molecule has 1 aromatic carbocycles. The summed E-state index contributed by atoms with van der Waals surface area (Å²) in [5.74, 6) is -0.287. The van der Waals surface area contributed by atoms with E-state index in [-0.39, 0.29) is 42.0 Å². The van der Waals surface area contributed by atoms with E-state index < -0.39 is 6.04 Å². The van der Waals surface area contributed by atoms with Crippen molar-refractivity contribution in [2.24, 2.45) is 11.8 Å². The molecule has 0 saturated carbocycles. The number of nitrogens with zero attached hydrogens (tertiary/aromatic N) is 2. The van der Waals surface area contributed by atoms with E-state index >= 15 is 0 Å². The number of carbonyl (C=O) groups is 1. The topological polar surface area (TPSA) is 74.6 Å². The summed E-state index contributed by atoms with van der Waals surface area (Å²) in [5, 5.41) is 13.3. The standard InChI is InChI=1S/C24H29N3O3/c1-4-8-17-11-12-20-21-18(13-27(20)24(17)30)19(14-28)22(26(21)3)23(29)25-15(2)16-9-6-5-7-10-16/h4-12,15,18-19,21-22,28H,13-14H2,1-3H3,(H,25,29)/b8-4+/t15-,18-,19-,21+,22-/m0/s1. The number of fused-ring (bicyclic) bond motifs is 3. The van der Waals surface area contributed by atoms with Crippen LogP contribution in [0.15, 0.2) is 53.3 Å². The molecule has 4 rings (SSSR count). The molecule has 2 aliphatic heterocycles. The first kappa shape index (κ1) is 20.6. The van der Waals surface area contributed by atoms with Crippen molar-refractivity contribution in [3.63, 3.8) is 0 Å². The lowest BCUT2D eigenvalue weighted by Crippen LogP contribution is -2.47. The number of rotatable bonds is 5. The molecule has 6 nitrogen and oxygen atoms in total. The second-order valence-corrected chi connectivity index (χ2v) is 8.34. The first-order valence-corrected chi connectivity index (χ1v) is 10.5. The molecular weight excluding hydrogens is 378 g/mol. The highest BCUT2D eigenvalue weighted by atomic mass is 16.3. The second kappa shape index (κ2) is 8.20. The zero-order valence-electron chi connectivity index (χ0n) is 17.7. The van der Waals surface area contributed by atoms with Crippen molar-refractivity contribution < 1.29 is 9.90 Å². The van der Waals surface area contributed by atoms with Gasteiger partial charge in [-0.3, -0.25) is 14.5 Å². The molecule has 6 heteroatoms. The van der Waals surface area contributed by atoms with Crippen molar-refractivity contribution in [2.75, 3.05) is 13.7 Å². The van der Waals surface area contributed by atoms with Crippen LogP contribution in [0, 0.1) is 11.8 Å². The van der Waals surface area contributed by atoms with Gasteiger partial charge in [-0.25, -0.2) is 0 Å². The zero-order chi connectivity index (χ0) is 21.4. The van der Waals surface area contributed by atoms with Gasteiger partial charge in [0.25, 0.3) is 5.56 Å². The lowest BCUT2D eigenvalue weighted by Gasteiger charge is -2.28. The van der Waals surface area contributed by atoms with Crippen molar-refractivity contribution in [3.8, 4) is 0 Å². The molecule has 1 saturated heterocycles. The molecule has 5 atom stereocenters. The number of pyridine rings is 1. The summed E-state index contributed by atoms with van der Waals surface area (Å²) in [6, 6.07) is 13.1. The Hall–Kier alpha value is -2.70. The summed E-state index contributed by atoms with van der Waals surface area (Å²) in [4.78, 5) is 28.1. The molecule has 2 N–H and O–H groups in total. The zero-order valence-corrected chi connectivity index (χ0v) is 17.7. The summed E-state index contributed by atoms with van der Waals surface area (Å²) >= 11 is 0. The lowest BCUT2D eigenvalue weighted by atomic mass is 9.88. The van der Waals surface area contributed by atoms with Crippen molar-refractivity contribution in [1.29, 1.82) is 0 Å². The van der Waals surface area contributed by atoms with Crippen LogP contribution in [-0.4, -0.2) is 40.2 Å². The lowest BCUT2D eigenvalue weighted by molar-refractivity contribution is -0.127. The average molecular weight is 408 g/mol. The van der Waals surface area contributed by atoms with Crippen molar-refractivity contribution in [3.05, 3.63) is 75.7 Å². The maximum atomic E-state index is 13.2. The third-order valence-corrected chi connectivity index (χ3v) is 6.66. The minimum Gasteiger partial charge on any atom is -0.396 e. The summed E-state index contributed by atoms with van der Waals surface area (Å²) in [6.07, 6.45) is 3.68.